The molecule has 124 valence electrons. The molecule has 0 radical (unpaired) electrons. The number of carbonyl (C=O) groups excluding carboxylic acids is 1. The van der Waals surface area contributed by atoms with Crippen LogP contribution in [0.5, 0.6) is 0 Å². The van der Waals surface area contributed by atoms with Gasteiger partial charge >= 0.3 is 0 Å². The van der Waals surface area contributed by atoms with E-state index in [2.05, 4.69) is 33.1 Å². The van der Waals surface area contributed by atoms with Crippen molar-refractivity contribution < 1.29 is 4.79 Å². The monoisotopic (exact) mass is 339 g/mol. The second-order valence-electron chi connectivity index (χ2n) is 6.25. The normalized spacial score (nSPS) is 15.8. The first-order valence-electron chi connectivity index (χ1n) is 8.26. The first kappa shape index (κ1) is 16.7. The van der Waals surface area contributed by atoms with Gasteiger partial charge in [-0.05, 0) is 78.5 Å². The highest BCUT2D eigenvalue weighted by atomic mass is 32.1. The minimum absolute atomic E-state index is 0.0554. The highest BCUT2D eigenvalue weighted by Gasteiger charge is 2.20. The van der Waals surface area contributed by atoms with Crippen molar-refractivity contribution >= 4 is 17.2 Å². The Labute approximate surface area is 146 Å². The van der Waals surface area contributed by atoms with Crippen molar-refractivity contribution in [1.29, 1.82) is 5.26 Å². The van der Waals surface area contributed by atoms with Crippen LogP contribution in [0.4, 0.5) is 0 Å². The third kappa shape index (κ3) is 4.44. The molecule has 1 fully saturated rings. The molecule has 1 aliphatic heterocycles. The molecule has 1 aromatic heterocycles. The van der Waals surface area contributed by atoms with E-state index in [1.807, 2.05) is 0 Å². The molecule has 2 heterocycles. The minimum atomic E-state index is -0.0554. The number of carbonyl (C=O) groups is 1. The van der Waals surface area contributed by atoms with Gasteiger partial charge in [-0.25, -0.2) is 0 Å². The van der Waals surface area contributed by atoms with Crippen LogP contribution in [0.15, 0.2) is 41.1 Å². The van der Waals surface area contributed by atoms with Crippen LogP contribution in [0.3, 0.4) is 0 Å². The SMILES string of the molecule is N#Cc1ccc(C(=O)NCC2CCN(Cc3ccsc3)CC2)cc1. The highest BCUT2D eigenvalue weighted by Crippen LogP contribution is 2.19. The van der Waals surface area contributed by atoms with E-state index in [9.17, 15) is 4.79 Å². The number of amides is 1. The summed E-state index contributed by atoms with van der Waals surface area (Å²) in [4.78, 5) is 14.6. The Morgan fingerprint density at radius 1 is 1.25 bits per heavy atom. The fourth-order valence-electron chi connectivity index (χ4n) is 3.02. The summed E-state index contributed by atoms with van der Waals surface area (Å²) in [5, 5.41) is 16.2. The van der Waals surface area contributed by atoms with Crippen molar-refractivity contribution in [2.45, 2.75) is 19.4 Å². The zero-order valence-corrected chi connectivity index (χ0v) is 14.4. The maximum atomic E-state index is 12.2. The Balaban J connectivity index is 1.41. The molecular formula is C19H21N3OS. The van der Waals surface area contributed by atoms with Crippen LogP contribution in [0.2, 0.25) is 0 Å². The van der Waals surface area contributed by atoms with Gasteiger partial charge in [-0.2, -0.15) is 16.6 Å². The maximum Gasteiger partial charge on any atom is 0.251 e. The van der Waals surface area contributed by atoms with Crippen molar-refractivity contribution in [3.8, 4) is 6.07 Å². The number of hydrogen-bond donors (Lipinski definition) is 1. The Hall–Kier alpha value is -2.16. The number of nitrogens with zero attached hydrogens (tertiary/aromatic N) is 2. The van der Waals surface area contributed by atoms with Crippen molar-refractivity contribution in [2.75, 3.05) is 19.6 Å². The molecule has 0 unspecified atom stereocenters. The number of piperidine rings is 1. The lowest BCUT2D eigenvalue weighted by atomic mass is 9.96. The molecule has 3 rings (SSSR count). The number of nitriles is 1. The smallest absolute Gasteiger partial charge is 0.251 e. The van der Waals surface area contributed by atoms with Crippen LogP contribution >= 0.6 is 11.3 Å². The summed E-state index contributed by atoms with van der Waals surface area (Å²) in [5.41, 5.74) is 2.58. The second kappa shape index (κ2) is 8.09. The lowest BCUT2D eigenvalue weighted by molar-refractivity contribution is 0.0935. The molecule has 0 atom stereocenters. The summed E-state index contributed by atoms with van der Waals surface area (Å²) in [6.07, 6.45) is 2.25. The number of rotatable bonds is 5. The average molecular weight is 339 g/mol. The first-order chi connectivity index (χ1) is 11.7. The maximum absolute atomic E-state index is 12.2. The minimum Gasteiger partial charge on any atom is -0.352 e. The molecule has 1 amide bonds. The molecule has 24 heavy (non-hydrogen) atoms. The summed E-state index contributed by atoms with van der Waals surface area (Å²) < 4.78 is 0. The largest absolute Gasteiger partial charge is 0.352 e. The van der Waals surface area contributed by atoms with E-state index in [0.29, 0.717) is 17.0 Å². The molecule has 0 spiro atoms. The van der Waals surface area contributed by atoms with Crippen molar-refractivity contribution in [3.05, 3.63) is 57.8 Å². The van der Waals surface area contributed by atoms with Crippen LogP contribution < -0.4 is 5.32 Å². The summed E-state index contributed by atoms with van der Waals surface area (Å²) >= 11 is 1.75. The van der Waals surface area contributed by atoms with Crippen molar-refractivity contribution in [2.24, 2.45) is 5.92 Å². The van der Waals surface area contributed by atoms with Gasteiger partial charge in [-0.3, -0.25) is 9.69 Å². The van der Waals surface area contributed by atoms with Gasteiger partial charge in [-0.1, -0.05) is 0 Å². The van der Waals surface area contributed by atoms with Crippen LogP contribution in [-0.4, -0.2) is 30.4 Å². The predicted octanol–water partition coefficient (Wildman–Crippen LogP) is 3.26. The number of hydrogen-bond acceptors (Lipinski definition) is 4. The molecular weight excluding hydrogens is 318 g/mol. The van der Waals surface area contributed by atoms with Gasteiger partial charge in [-0.15, -0.1) is 0 Å². The molecule has 1 aliphatic rings. The predicted molar refractivity (Wildman–Crippen MR) is 95.8 cm³/mol. The van der Waals surface area contributed by atoms with E-state index in [1.54, 1.807) is 35.6 Å². The molecule has 0 saturated carbocycles. The summed E-state index contributed by atoms with van der Waals surface area (Å²) in [6, 6.07) is 11.0. The number of likely N-dealkylation sites (tertiary alicyclic amines) is 1. The van der Waals surface area contributed by atoms with E-state index in [-0.39, 0.29) is 5.91 Å². The Morgan fingerprint density at radius 2 is 2.00 bits per heavy atom. The zero-order chi connectivity index (χ0) is 16.8. The quantitative estimate of drug-likeness (QED) is 0.910. The second-order valence-corrected chi connectivity index (χ2v) is 7.03. The molecule has 0 bridgehead atoms. The van der Waals surface area contributed by atoms with Gasteiger partial charge in [0.2, 0.25) is 0 Å². The Kier molecular flexibility index (Phi) is 5.63. The van der Waals surface area contributed by atoms with Gasteiger partial charge in [0.25, 0.3) is 5.91 Å². The number of nitrogens with one attached hydrogen (secondary N) is 1. The van der Waals surface area contributed by atoms with Crippen molar-refractivity contribution in [3.63, 3.8) is 0 Å². The zero-order valence-electron chi connectivity index (χ0n) is 13.6. The van der Waals surface area contributed by atoms with Gasteiger partial charge < -0.3 is 5.32 Å². The van der Waals surface area contributed by atoms with Gasteiger partial charge in [0, 0.05) is 18.7 Å². The average Bonchev–Trinajstić information content (AvgIpc) is 3.14. The van der Waals surface area contributed by atoms with E-state index >= 15 is 0 Å². The molecule has 0 aliphatic carbocycles. The summed E-state index contributed by atoms with van der Waals surface area (Å²) in [6.45, 7) is 3.94. The van der Waals surface area contributed by atoms with Gasteiger partial charge in [0.15, 0.2) is 0 Å². The molecule has 1 aromatic carbocycles. The Bertz CT molecular complexity index is 695. The molecule has 1 N–H and O–H groups in total. The number of benzene rings is 1. The van der Waals surface area contributed by atoms with E-state index in [0.717, 1.165) is 39.0 Å². The Morgan fingerprint density at radius 3 is 2.62 bits per heavy atom. The summed E-state index contributed by atoms with van der Waals surface area (Å²) in [7, 11) is 0. The van der Waals surface area contributed by atoms with E-state index < -0.39 is 0 Å². The lowest BCUT2D eigenvalue weighted by Crippen LogP contribution is -2.38. The van der Waals surface area contributed by atoms with Crippen LogP contribution in [-0.2, 0) is 6.54 Å². The van der Waals surface area contributed by atoms with E-state index in [4.69, 9.17) is 5.26 Å². The molecule has 4 nitrogen and oxygen atoms in total. The molecule has 2 aromatic rings. The molecule has 1 saturated heterocycles. The third-order valence-electron chi connectivity index (χ3n) is 4.52. The fraction of sp³-hybridized carbons (Fsp3) is 0.368. The fourth-order valence-corrected chi connectivity index (χ4v) is 3.68. The molecule has 5 heteroatoms. The lowest BCUT2D eigenvalue weighted by Gasteiger charge is -2.31. The number of thiophene rings is 1. The van der Waals surface area contributed by atoms with Crippen molar-refractivity contribution in [1.82, 2.24) is 10.2 Å². The van der Waals surface area contributed by atoms with Crippen LogP contribution in [0.25, 0.3) is 0 Å². The topological polar surface area (TPSA) is 56.1 Å². The summed E-state index contributed by atoms with van der Waals surface area (Å²) in [5.74, 6) is 0.492. The van der Waals surface area contributed by atoms with Gasteiger partial charge in [0.05, 0.1) is 11.6 Å². The van der Waals surface area contributed by atoms with Gasteiger partial charge in [0.1, 0.15) is 0 Å². The van der Waals surface area contributed by atoms with Crippen LogP contribution in [0.1, 0.15) is 34.3 Å². The first-order valence-corrected chi connectivity index (χ1v) is 9.20. The standard InChI is InChI=1S/C19H21N3OS/c20-11-15-1-3-18(4-2-15)19(23)21-12-16-5-8-22(9-6-16)13-17-7-10-24-14-17/h1-4,7,10,14,16H,5-6,8-9,12-13H2,(H,21,23). The van der Waals surface area contributed by atoms with E-state index in [1.165, 1.54) is 5.56 Å². The van der Waals surface area contributed by atoms with Crippen LogP contribution in [0, 0.1) is 17.2 Å². The highest BCUT2D eigenvalue weighted by molar-refractivity contribution is 7.07. The third-order valence-corrected chi connectivity index (χ3v) is 5.25.